The van der Waals surface area contributed by atoms with E-state index in [4.69, 9.17) is 0 Å². The zero-order valence-corrected chi connectivity index (χ0v) is 12.8. The molecule has 1 atom stereocenters. The quantitative estimate of drug-likeness (QED) is 0.879. The van der Waals surface area contributed by atoms with E-state index in [0.717, 1.165) is 18.8 Å². The predicted molar refractivity (Wildman–Crippen MR) is 81.2 cm³/mol. The number of benzene rings is 1. The van der Waals surface area contributed by atoms with Crippen molar-refractivity contribution in [2.75, 3.05) is 0 Å². The summed E-state index contributed by atoms with van der Waals surface area (Å²) in [4.78, 5) is 0. The first kappa shape index (κ1) is 14.7. The average molecular weight is 272 g/mol. The fraction of sp³-hybridized carbons (Fsp3) is 0.500. The third kappa shape index (κ3) is 3.90. The van der Waals surface area contributed by atoms with Crippen molar-refractivity contribution in [1.29, 1.82) is 0 Å². The standard InChI is InChI=1S/C16H24N4/c1-12(2)9-14-5-7-15(8-6-14)10-17-13(3)16-19-18-11-20(16)4/h5-8,11-13,17H,9-10H2,1-4H3. The minimum Gasteiger partial charge on any atom is -0.319 e. The van der Waals surface area contributed by atoms with Gasteiger partial charge >= 0.3 is 0 Å². The van der Waals surface area contributed by atoms with Gasteiger partial charge in [-0.3, -0.25) is 0 Å². The third-order valence-corrected chi connectivity index (χ3v) is 3.41. The van der Waals surface area contributed by atoms with Crippen molar-refractivity contribution in [2.45, 2.75) is 39.8 Å². The van der Waals surface area contributed by atoms with Gasteiger partial charge in [0, 0.05) is 13.6 Å². The Bertz CT molecular complexity index is 528. The van der Waals surface area contributed by atoms with Gasteiger partial charge in [0.15, 0.2) is 0 Å². The molecular weight excluding hydrogens is 248 g/mol. The largest absolute Gasteiger partial charge is 0.319 e. The molecule has 108 valence electrons. The Morgan fingerprint density at radius 3 is 2.30 bits per heavy atom. The molecule has 0 radical (unpaired) electrons. The number of aryl methyl sites for hydroxylation is 1. The monoisotopic (exact) mass is 272 g/mol. The molecule has 0 bridgehead atoms. The lowest BCUT2D eigenvalue weighted by Crippen LogP contribution is -2.21. The van der Waals surface area contributed by atoms with Gasteiger partial charge < -0.3 is 9.88 Å². The molecule has 0 aliphatic heterocycles. The lowest BCUT2D eigenvalue weighted by molar-refractivity contribution is 0.528. The van der Waals surface area contributed by atoms with Crippen molar-refractivity contribution in [3.05, 3.63) is 47.5 Å². The van der Waals surface area contributed by atoms with Crippen molar-refractivity contribution >= 4 is 0 Å². The SMILES string of the molecule is CC(C)Cc1ccc(CNC(C)c2nncn2C)cc1. The second-order valence-electron chi connectivity index (χ2n) is 5.82. The van der Waals surface area contributed by atoms with Crippen LogP contribution in [-0.4, -0.2) is 14.8 Å². The van der Waals surface area contributed by atoms with Crippen LogP contribution in [0.4, 0.5) is 0 Å². The predicted octanol–water partition coefficient (Wildman–Crippen LogP) is 2.86. The van der Waals surface area contributed by atoms with Gasteiger partial charge in [-0.1, -0.05) is 38.1 Å². The van der Waals surface area contributed by atoms with Crippen LogP contribution >= 0.6 is 0 Å². The highest BCUT2D eigenvalue weighted by Crippen LogP contribution is 2.12. The molecule has 0 aliphatic rings. The first-order chi connectivity index (χ1) is 9.56. The molecule has 2 aromatic rings. The first-order valence-corrected chi connectivity index (χ1v) is 7.21. The zero-order valence-electron chi connectivity index (χ0n) is 12.8. The molecule has 1 N–H and O–H groups in total. The molecule has 20 heavy (non-hydrogen) atoms. The lowest BCUT2D eigenvalue weighted by atomic mass is 10.0. The number of hydrogen-bond donors (Lipinski definition) is 1. The van der Waals surface area contributed by atoms with Crippen molar-refractivity contribution in [1.82, 2.24) is 20.1 Å². The summed E-state index contributed by atoms with van der Waals surface area (Å²) in [5.74, 6) is 1.66. The number of aromatic nitrogens is 3. The summed E-state index contributed by atoms with van der Waals surface area (Å²) in [6, 6.07) is 9.05. The summed E-state index contributed by atoms with van der Waals surface area (Å²) in [7, 11) is 1.97. The molecular formula is C16H24N4. The minimum absolute atomic E-state index is 0.192. The molecule has 1 heterocycles. The van der Waals surface area contributed by atoms with E-state index >= 15 is 0 Å². The molecule has 0 saturated heterocycles. The van der Waals surface area contributed by atoms with Crippen LogP contribution in [0.3, 0.4) is 0 Å². The molecule has 4 nitrogen and oxygen atoms in total. The van der Waals surface area contributed by atoms with Crippen molar-refractivity contribution < 1.29 is 0 Å². The minimum atomic E-state index is 0.192. The van der Waals surface area contributed by atoms with Crippen LogP contribution in [0, 0.1) is 5.92 Å². The van der Waals surface area contributed by atoms with E-state index in [2.05, 4.69) is 60.6 Å². The highest BCUT2D eigenvalue weighted by Gasteiger charge is 2.10. The van der Waals surface area contributed by atoms with E-state index < -0.39 is 0 Å². The summed E-state index contributed by atoms with van der Waals surface area (Å²) in [6.45, 7) is 7.45. The molecule has 0 spiro atoms. The molecule has 0 amide bonds. The Kier molecular flexibility index (Phi) is 4.90. The van der Waals surface area contributed by atoms with E-state index in [1.54, 1.807) is 6.33 Å². The lowest BCUT2D eigenvalue weighted by Gasteiger charge is -2.13. The molecule has 0 saturated carbocycles. The highest BCUT2D eigenvalue weighted by atomic mass is 15.3. The van der Waals surface area contributed by atoms with Crippen LogP contribution in [0.2, 0.25) is 0 Å². The van der Waals surface area contributed by atoms with Gasteiger partial charge in [0.25, 0.3) is 0 Å². The molecule has 1 aromatic carbocycles. The summed E-state index contributed by atoms with van der Waals surface area (Å²) in [5, 5.41) is 11.5. The van der Waals surface area contributed by atoms with Crippen LogP contribution < -0.4 is 5.32 Å². The van der Waals surface area contributed by atoms with Gasteiger partial charge in [-0.25, -0.2) is 0 Å². The highest BCUT2D eigenvalue weighted by molar-refractivity contribution is 5.22. The van der Waals surface area contributed by atoms with E-state index in [1.165, 1.54) is 11.1 Å². The maximum absolute atomic E-state index is 4.13. The van der Waals surface area contributed by atoms with Gasteiger partial charge in [-0.2, -0.15) is 0 Å². The Labute approximate surface area is 121 Å². The molecule has 1 unspecified atom stereocenters. The summed E-state index contributed by atoms with van der Waals surface area (Å²) >= 11 is 0. The molecule has 2 rings (SSSR count). The van der Waals surface area contributed by atoms with Crippen molar-refractivity contribution in [3.8, 4) is 0 Å². The molecule has 0 aliphatic carbocycles. The van der Waals surface area contributed by atoms with Crippen molar-refractivity contribution in [3.63, 3.8) is 0 Å². The van der Waals surface area contributed by atoms with Crippen LogP contribution in [0.15, 0.2) is 30.6 Å². The summed E-state index contributed by atoms with van der Waals surface area (Å²) in [5.41, 5.74) is 2.71. The van der Waals surface area contributed by atoms with Gasteiger partial charge in [0.05, 0.1) is 6.04 Å². The maximum atomic E-state index is 4.13. The van der Waals surface area contributed by atoms with Crippen molar-refractivity contribution in [2.24, 2.45) is 13.0 Å². The Morgan fingerprint density at radius 2 is 1.75 bits per heavy atom. The van der Waals surface area contributed by atoms with Gasteiger partial charge in [-0.15, -0.1) is 10.2 Å². The number of nitrogens with zero attached hydrogens (tertiary/aromatic N) is 3. The number of hydrogen-bond acceptors (Lipinski definition) is 3. The number of rotatable bonds is 6. The van der Waals surface area contributed by atoms with E-state index in [9.17, 15) is 0 Å². The Hall–Kier alpha value is -1.68. The topological polar surface area (TPSA) is 42.7 Å². The molecule has 1 aromatic heterocycles. The smallest absolute Gasteiger partial charge is 0.149 e. The number of nitrogens with one attached hydrogen (secondary N) is 1. The van der Waals surface area contributed by atoms with Crippen LogP contribution in [0.1, 0.15) is 43.8 Å². The Morgan fingerprint density at radius 1 is 1.10 bits per heavy atom. The van der Waals surface area contributed by atoms with Gasteiger partial charge in [0.2, 0.25) is 0 Å². The molecule has 4 heteroatoms. The fourth-order valence-electron chi connectivity index (χ4n) is 2.31. The fourth-order valence-corrected chi connectivity index (χ4v) is 2.31. The van der Waals surface area contributed by atoms with Crippen LogP contribution in [0.5, 0.6) is 0 Å². The maximum Gasteiger partial charge on any atom is 0.149 e. The first-order valence-electron chi connectivity index (χ1n) is 7.21. The normalized spacial score (nSPS) is 12.8. The second kappa shape index (κ2) is 6.66. The van der Waals surface area contributed by atoms with Gasteiger partial charge in [0.1, 0.15) is 12.2 Å². The van der Waals surface area contributed by atoms with E-state index in [-0.39, 0.29) is 6.04 Å². The summed E-state index contributed by atoms with van der Waals surface area (Å²) in [6.07, 6.45) is 2.87. The third-order valence-electron chi connectivity index (χ3n) is 3.41. The van der Waals surface area contributed by atoms with Crippen LogP contribution in [0.25, 0.3) is 0 Å². The molecule has 0 fully saturated rings. The van der Waals surface area contributed by atoms with Gasteiger partial charge in [-0.05, 0) is 30.4 Å². The van der Waals surface area contributed by atoms with E-state index in [0.29, 0.717) is 5.92 Å². The second-order valence-corrected chi connectivity index (χ2v) is 5.82. The summed E-state index contributed by atoms with van der Waals surface area (Å²) < 4.78 is 1.95. The van der Waals surface area contributed by atoms with E-state index in [1.807, 2.05) is 11.6 Å². The average Bonchev–Trinajstić information content (AvgIpc) is 2.83. The van der Waals surface area contributed by atoms with Crippen LogP contribution in [-0.2, 0) is 20.0 Å². The Balaban J connectivity index is 1.89. The zero-order chi connectivity index (χ0) is 14.5.